The summed E-state index contributed by atoms with van der Waals surface area (Å²) in [6, 6.07) is 0. The van der Waals surface area contributed by atoms with Gasteiger partial charge in [0.05, 0.1) is 12.2 Å². The predicted octanol–water partition coefficient (Wildman–Crippen LogP) is 11.9. The molecule has 53 heavy (non-hydrogen) atoms. The molecule has 0 radical (unpaired) electrons. The van der Waals surface area contributed by atoms with E-state index < -0.39 is 28.8 Å². The minimum absolute atomic E-state index is 0.00782. The predicted molar refractivity (Wildman–Crippen MR) is 231 cm³/mol. The molecular formula is C44H84N2O5Si2. The molecule has 7 nitrogen and oxygen atoms in total. The highest BCUT2D eigenvalue weighted by atomic mass is 28.4. The maximum atomic E-state index is 13.4. The van der Waals surface area contributed by atoms with Crippen molar-refractivity contribution in [3.63, 3.8) is 0 Å². The van der Waals surface area contributed by atoms with Gasteiger partial charge in [0.25, 0.3) is 0 Å². The van der Waals surface area contributed by atoms with Crippen LogP contribution in [0.1, 0.15) is 128 Å². The molecule has 1 rings (SSSR count). The monoisotopic (exact) mass is 777 g/mol. The molecule has 0 spiro atoms. The minimum atomic E-state index is -2.21. The summed E-state index contributed by atoms with van der Waals surface area (Å²) in [5.41, 5.74) is 6.92. The van der Waals surface area contributed by atoms with E-state index in [4.69, 9.17) is 19.3 Å². The van der Waals surface area contributed by atoms with Crippen LogP contribution < -0.4 is 5.73 Å². The highest BCUT2D eigenvalue weighted by Crippen LogP contribution is 2.42. The summed E-state index contributed by atoms with van der Waals surface area (Å²) >= 11 is 0. The average Bonchev–Trinajstić information content (AvgIpc) is 3.02. The van der Waals surface area contributed by atoms with Crippen molar-refractivity contribution >= 4 is 28.6 Å². The Morgan fingerprint density at radius 3 is 1.81 bits per heavy atom. The Morgan fingerprint density at radius 2 is 1.34 bits per heavy atom. The standard InChI is InChI=1S/C44H84N2O5Si2/c1-19-20-24-32(3)40(49-42(45)48)36(7)41(51-53(17,18)44(11,12)13)34(5)28-31(2)27-33(4)39(50-52(15,16)43(8,9)10)35(6)30-46(14)38(47)29-37-25-22-21-23-26-37/h19-20,24,27,32-37,39-41H,1,21-23,25-26,28-30H2,2-18H3,(H2,45,48)/t32-,33-,34-,35-,36+,39+,40-,41+/m0/s1. The maximum absolute atomic E-state index is 13.4. The van der Waals surface area contributed by atoms with Gasteiger partial charge in [-0.25, -0.2) is 4.79 Å². The summed E-state index contributed by atoms with van der Waals surface area (Å²) in [4.78, 5) is 27.5. The molecule has 2 amide bonds. The van der Waals surface area contributed by atoms with E-state index in [9.17, 15) is 9.59 Å². The molecule has 1 fully saturated rings. The fourth-order valence-corrected chi connectivity index (χ4v) is 10.5. The first-order valence-electron chi connectivity index (χ1n) is 20.7. The smallest absolute Gasteiger partial charge is 0.404 e. The topological polar surface area (TPSA) is 91.1 Å². The zero-order chi connectivity index (χ0) is 41.1. The van der Waals surface area contributed by atoms with Crippen LogP contribution in [0, 0.1) is 35.5 Å². The van der Waals surface area contributed by atoms with E-state index >= 15 is 0 Å². The first kappa shape index (κ1) is 49.3. The molecule has 0 aromatic carbocycles. The normalized spacial score (nSPS) is 20.2. The fraction of sp³-hybridized carbons (Fsp3) is 0.818. The first-order chi connectivity index (χ1) is 24.1. The molecule has 1 saturated carbocycles. The number of nitrogens with zero attached hydrogens (tertiary/aromatic N) is 1. The number of carbonyl (C=O) groups excluding carboxylic acids is 2. The maximum Gasteiger partial charge on any atom is 0.404 e. The molecule has 0 bridgehead atoms. The quantitative estimate of drug-likeness (QED) is 0.0755. The van der Waals surface area contributed by atoms with E-state index in [1.807, 2.05) is 24.1 Å². The lowest BCUT2D eigenvalue weighted by atomic mass is 9.81. The minimum Gasteiger partial charge on any atom is -0.445 e. The van der Waals surface area contributed by atoms with E-state index in [-0.39, 0.29) is 57.8 Å². The van der Waals surface area contributed by atoms with Gasteiger partial charge in [0.1, 0.15) is 6.10 Å². The van der Waals surface area contributed by atoms with Crippen molar-refractivity contribution in [2.24, 2.45) is 41.2 Å². The number of carbonyl (C=O) groups is 2. The largest absolute Gasteiger partial charge is 0.445 e. The second-order valence-electron chi connectivity index (χ2n) is 19.9. The van der Waals surface area contributed by atoms with Gasteiger partial charge < -0.3 is 24.2 Å². The highest BCUT2D eigenvalue weighted by molar-refractivity contribution is 6.74. The van der Waals surface area contributed by atoms with Gasteiger partial charge in [0.2, 0.25) is 5.91 Å². The lowest BCUT2D eigenvalue weighted by molar-refractivity contribution is -0.132. The van der Waals surface area contributed by atoms with E-state index in [2.05, 4.69) is 122 Å². The lowest BCUT2D eigenvalue weighted by Crippen LogP contribution is -2.50. The van der Waals surface area contributed by atoms with Gasteiger partial charge in [-0.1, -0.05) is 132 Å². The number of amides is 2. The van der Waals surface area contributed by atoms with Crippen LogP contribution in [0.25, 0.3) is 0 Å². The summed E-state index contributed by atoms with van der Waals surface area (Å²) in [5, 5.41) is 0.0700. The van der Waals surface area contributed by atoms with Gasteiger partial charge in [-0.2, -0.15) is 0 Å². The van der Waals surface area contributed by atoms with E-state index in [0.29, 0.717) is 18.9 Å². The van der Waals surface area contributed by atoms with Crippen LogP contribution in [-0.4, -0.2) is 65.4 Å². The molecule has 0 aliphatic heterocycles. The Hall–Kier alpha value is -1.69. The summed E-state index contributed by atoms with van der Waals surface area (Å²) < 4.78 is 20.3. The van der Waals surface area contributed by atoms with Crippen molar-refractivity contribution in [3.05, 3.63) is 36.5 Å². The Morgan fingerprint density at radius 1 is 0.830 bits per heavy atom. The Balaban J connectivity index is 3.46. The van der Waals surface area contributed by atoms with Crippen molar-refractivity contribution in [3.8, 4) is 0 Å². The zero-order valence-electron chi connectivity index (χ0n) is 37.4. The molecule has 0 unspecified atom stereocenters. The number of hydrogen-bond donors (Lipinski definition) is 1. The third kappa shape index (κ3) is 15.8. The summed E-state index contributed by atoms with van der Waals surface area (Å²) in [5.74, 6) is 1.03. The van der Waals surface area contributed by atoms with Gasteiger partial charge >= 0.3 is 6.09 Å². The van der Waals surface area contributed by atoms with Crippen LogP contribution in [0.5, 0.6) is 0 Å². The Bertz CT molecular complexity index is 1210. The van der Waals surface area contributed by atoms with E-state index in [0.717, 1.165) is 6.42 Å². The van der Waals surface area contributed by atoms with Crippen molar-refractivity contribution in [1.82, 2.24) is 4.90 Å². The third-order valence-corrected chi connectivity index (χ3v) is 21.8. The van der Waals surface area contributed by atoms with Gasteiger partial charge in [0.15, 0.2) is 16.6 Å². The number of allylic oxidation sites excluding steroid dienone is 3. The van der Waals surface area contributed by atoms with Crippen LogP contribution in [0.2, 0.25) is 36.3 Å². The van der Waals surface area contributed by atoms with E-state index in [1.165, 1.54) is 37.7 Å². The molecule has 0 heterocycles. The molecular weight excluding hydrogens is 693 g/mol. The first-order valence-corrected chi connectivity index (χ1v) is 26.5. The number of primary amides is 1. The summed E-state index contributed by atoms with van der Waals surface area (Å²) in [6.07, 6.45) is 14.3. The second kappa shape index (κ2) is 21.0. The van der Waals surface area contributed by atoms with Crippen LogP contribution >= 0.6 is 0 Å². The fourth-order valence-electron chi connectivity index (χ4n) is 7.56. The molecule has 0 aromatic heterocycles. The van der Waals surface area contributed by atoms with Gasteiger partial charge in [-0.05, 0) is 86.1 Å². The summed E-state index contributed by atoms with van der Waals surface area (Å²) in [6.45, 7) is 40.6. The Kier molecular flexibility index (Phi) is 19.6. The molecule has 0 saturated heterocycles. The second-order valence-corrected chi connectivity index (χ2v) is 29.5. The molecule has 2 N–H and O–H groups in total. The number of ether oxygens (including phenoxy) is 1. The zero-order valence-corrected chi connectivity index (χ0v) is 39.4. The molecule has 1 aliphatic carbocycles. The van der Waals surface area contributed by atoms with Gasteiger partial charge in [-0.15, -0.1) is 0 Å². The van der Waals surface area contributed by atoms with Crippen molar-refractivity contribution < 1.29 is 23.2 Å². The molecule has 9 heteroatoms. The van der Waals surface area contributed by atoms with Crippen LogP contribution in [-0.2, 0) is 18.4 Å². The molecule has 1 aliphatic rings. The molecule has 308 valence electrons. The van der Waals surface area contributed by atoms with Crippen LogP contribution in [0.3, 0.4) is 0 Å². The van der Waals surface area contributed by atoms with Gasteiger partial charge in [0, 0.05) is 31.8 Å². The van der Waals surface area contributed by atoms with Crippen molar-refractivity contribution in [1.29, 1.82) is 0 Å². The number of hydrogen-bond acceptors (Lipinski definition) is 5. The third-order valence-electron chi connectivity index (χ3n) is 12.8. The van der Waals surface area contributed by atoms with Crippen LogP contribution in [0.15, 0.2) is 36.5 Å². The van der Waals surface area contributed by atoms with E-state index in [1.54, 1.807) is 6.08 Å². The van der Waals surface area contributed by atoms with Crippen molar-refractivity contribution in [2.75, 3.05) is 13.6 Å². The lowest BCUT2D eigenvalue weighted by Gasteiger charge is -2.45. The van der Waals surface area contributed by atoms with Gasteiger partial charge in [-0.3, -0.25) is 4.79 Å². The Labute approximate surface area is 329 Å². The molecule has 8 atom stereocenters. The number of rotatable bonds is 20. The number of nitrogens with two attached hydrogens (primary N) is 1. The summed E-state index contributed by atoms with van der Waals surface area (Å²) in [7, 11) is -2.36. The molecule has 0 aromatic rings. The average molecular weight is 777 g/mol. The van der Waals surface area contributed by atoms with Crippen molar-refractivity contribution in [2.45, 2.75) is 183 Å². The SMILES string of the molecule is C=CC=C[C@H](C)[C@H](OC(N)=O)[C@@H](C)[C@H](O[Si](C)(C)C(C)(C)C)[C@@H](C)CC(C)=C[C@H](C)[C@@H](O[Si](C)(C)C(C)(C)C)[C@@H](C)CN(C)C(=O)CC1CCCCC1. The van der Waals surface area contributed by atoms with Crippen LogP contribution in [0.4, 0.5) is 4.79 Å². The highest BCUT2D eigenvalue weighted by Gasteiger charge is 2.45.